The number of anilines is 1. The van der Waals surface area contributed by atoms with Crippen molar-refractivity contribution in [3.8, 4) is 22.3 Å². The van der Waals surface area contributed by atoms with Gasteiger partial charge in [0.2, 0.25) is 11.6 Å². The zero-order chi connectivity index (χ0) is 33.8. The highest BCUT2D eigenvalue weighted by Crippen LogP contribution is 2.49. The first-order chi connectivity index (χ1) is 22.1. The fourth-order valence-corrected chi connectivity index (χ4v) is 8.01. The Balaban J connectivity index is 1.46. The van der Waals surface area contributed by atoms with E-state index in [-0.39, 0.29) is 0 Å². The minimum Gasteiger partial charge on any atom is -0.747 e. The molecule has 0 aliphatic carbocycles. The van der Waals surface area contributed by atoms with Crippen molar-refractivity contribution in [2.24, 2.45) is 0 Å². The molecule has 47 heavy (non-hydrogen) atoms. The minimum atomic E-state index is -4.67. The lowest BCUT2D eigenvalue weighted by atomic mass is 9.80. The van der Waals surface area contributed by atoms with Crippen molar-refractivity contribution in [1.82, 2.24) is 0 Å². The van der Waals surface area contributed by atoms with Crippen molar-refractivity contribution >= 4 is 37.3 Å². The molecule has 0 amide bonds. The Hall–Kier alpha value is -4.35. The molecule has 0 saturated heterocycles. The Kier molecular flexibility index (Phi) is 8.12. The topological polar surface area (TPSA) is 121 Å². The quantitative estimate of drug-likeness (QED) is 0.153. The normalized spacial score (nSPS) is 17.8. The predicted octanol–water partition coefficient (Wildman–Crippen LogP) is 6.64. The molecule has 2 heterocycles. The Bertz CT molecular complexity index is 2190. The fourth-order valence-electron chi connectivity index (χ4n) is 6.82. The van der Waals surface area contributed by atoms with Crippen LogP contribution in [0, 0.1) is 0 Å². The van der Waals surface area contributed by atoms with Crippen molar-refractivity contribution in [2.45, 2.75) is 38.5 Å². The van der Waals surface area contributed by atoms with Gasteiger partial charge in [0.1, 0.15) is 16.0 Å². The molecule has 0 aromatic heterocycles. The molecule has 4 aromatic carbocycles. The first-order valence-electron chi connectivity index (χ1n) is 15.1. The van der Waals surface area contributed by atoms with Crippen LogP contribution in [0.15, 0.2) is 121 Å². The first-order valence-corrected chi connectivity index (χ1v) is 18.3. The second kappa shape index (κ2) is 11.7. The fraction of sp³-hybridized carbons (Fsp3) is 0.216. The van der Waals surface area contributed by atoms with Crippen molar-refractivity contribution in [3.63, 3.8) is 0 Å². The Morgan fingerprint density at radius 1 is 0.681 bits per heavy atom. The van der Waals surface area contributed by atoms with Gasteiger partial charge in [0, 0.05) is 34.5 Å². The summed E-state index contributed by atoms with van der Waals surface area (Å²) in [6.07, 6.45) is 5.26. The number of allylic oxidation sites excluding steroid dienone is 4. The molecule has 6 rings (SSSR count). The maximum absolute atomic E-state index is 12.2. The molecule has 0 N–H and O–H groups in total. The van der Waals surface area contributed by atoms with Gasteiger partial charge >= 0.3 is 0 Å². The highest BCUT2D eigenvalue weighted by molar-refractivity contribution is 7.85. The highest BCUT2D eigenvalue weighted by Gasteiger charge is 2.45. The monoisotopic (exact) mass is 667 g/mol. The molecule has 0 spiro atoms. The molecular formula is C37H35N2O6S2-. The second-order valence-electron chi connectivity index (χ2n) is 13.0. The van der Waals surface area contributed by atoms with Gasteiger partial charge < -0.3 is 14.0 Å². The Morgan fingerprint density at radius 2 is 1.23 bits per heavy atom. The van der Waals surface area contributed by atoms with Gasteiger partial charge in [0.15, 0.2) is 15.8 Å². The van der Waals surface area contributed by atoms with Crippen molar-refractivity contribution in [3.05, 3.63) is 132 Å². The third kappa shape index (κ3) is 6.34. The zero-order valence-corrected chi connectivity index (χ0v) is 28.2. The Labute approximate surface area is 276 Å². The van der Waals surface area contributed by atoms with Crippen LogP contribution in [0.2, 0.25) is 0 Å². The van der Waals surface area contributed by atoms with Crippen LogP contribution in [-0.4, -0.2) is 48.0 Å². The lowest BCUT2D eigenvalue weighted by molar-refractivity contribution is -0.416. The number of nitrogens with zero attached hydrogens (tertiary/aromatic N) is 2. The van der Waals surface area contributed by atoms with E-state index in [1.54, 1.807) is 27.7 Å². The maximum Gasteiger partial charge on any atom is 0.237 e. The van der Waals surface area contributed by atoms with E-state index in [0.29, 0.717) is 22.8 Å². The number of hydrogen-bond acceptors (Lipinski definition) is 7. The number of fused-ring (bicyclic) bond motifs is 2. The van der Waals surface area contributed by atoms with E-state index in [1.807, 2.05) is 125 Å². The molecule has 4 aromatic rings. The van der Waals surface area contributed by atoms with Crippen molar-refractivity contribution in [1.29, 1.82) is 0 Å². The van der Waals surface area contributed by atoms with E-state index < -0.39 is 42.8 Å². The van der Waals surface area contributed by atoms with Gasteiger partial charge in [0.05, 0.1) is 5.41 Å². The molecule has 0 bridgehead atoms. The minimum absolute atomic E-state index is 0.594. The van der Waals surface area contributed by atoms with Gasteiger partial charge in [-0.1, -0.05) is 105 Å². The molecule has 0 atom stereocenters. The molecule has 0 unspecified atom stereocenters. The largest absolute Gasteiger partial charge is 0.747 e. The molecule has 2 aliphatic rings. The summed E-state index contributed by atoms with van der Waals surface area (Å²) in [4.78, 5) is 1.54. The van der Waals surface area contributed by atoms with Crippen LogP contribution in [0.1, 0.15) is 38.8 Å². The maximum atomic E-state index is 12.2. The summed E-state index contributed by atoms with van der Waals surface area (Å²) < 4.78 is 74.6. The van der Waals surface area contributed by atoms with E-state index in [1.165, 1.54) is 0 Å². The van der Waals surface area contributed by atoms with Crippen LogP contribution in [0.5, 0.6) is 0 Å². The lowest BCUT2D eigenvalue weighted by Crippen LogP contribution is -2.31. The van der Waals surface area contributed by atoms with E-state index in [2.05, 4.69) is 0 Å². The molecule has 242 valence electrons. The van der Waals surface area contributed by atoms with E-state index in [9.17, 15) is 25.9 Å². The molecule has 0 fully saturated rings. The summed E-state index contributed by atoms with van der Waals surface area (Å²) in [5, 5.41) is 0. The van der Waals surface area contributed by atoms with Gasteiger partial charge in [-0.15, -0.1) is 0 Å². The van der Waals surface area contributed by atoms with Gasteiger partial charge in [-0.3, -0.25) is 0 Å². The van der Waals surface area contributed by atoms with Crippen LogP contribution in [-0.2, 0) is 31.1 Å². The van der Waals surface area contributed by atoms with Gasteiger partial charge in [-0.2, -0.15) is 4.58 Å². The summed E-state index contributed by atoms with van der Waals surface area (Å²) in [5.41, 5.74) is 6.54. The van der Waals surface area contributed by atoms with E-state index >= 15 is 0 Å². The second-order valence-corrected chi connectivity index (χ2v) is 15.7. The highest BCUT2D eigenvalue weighted by atomic mass is 32.2. The summed E-state index contributed by atoms with van der Waals surface area (Å²) in [7, 11) is -9.33. The van der Waals surface area contributed by atoms with Gasteiger partial charge in [0.25, 0.3) is 0 Å². The third-order valence-electron chi connectivity index (χ3n) is 9.08. The molecular weight excluding hydrogens is 633 g/mol. The molecule has 0 radical (unpaired) electrons. The number of benzene rings is 4. The van der Waals surface area contributed by atoms with Gasteiger partial charge in [-0.25, -0.2) is 16.8 Å². The molecule has 2 aliphatic heterocycles. The number of rotatable bonds is 8. The SMILES string of the molecule is CC1(C)C(=CC=CC2=[N+](CS(=O)(=O)[O-])c3cc(-c4ccccc4)ccc3C2(C)C)N(CS(=O)(=O)[O-])c2cc(-c3ccccc3)ccc21. The summed E-state index contributed by atoms with van der Waals surface area (Å²) >= 11 is 0. The van der Waals surface area contributed by atoms with Crippen molar-refractivity contribution < 1.29 is 30.5 Å². The van der Waals surface area contributed by atoms with Crippen LogP contribution in [0.25, 0.3) is 22.3 Å². The third-order valence-corrected chi connectivity index (χ3v) is 10.2. The Morgan fingerprint density at radius 3 is 1.79 bits per heavy atom. The van der Waals surface area contributed by atoms with Crippen LogP contribution >= 0.6 is 0 Å². The average molecular weight is 668 g/mol. The first kappa shape index (κ1) is 32.6. The van der Waals surface area contributed by atoms with E-state index in [0.717, 1.165) is 33.4 Å². The lowest BCUT2D eigenvalue weighted by Gasteiger charge is -2.27. The predicted molar refractivity (Wildman–Crippen MR) is 184 cm³/mol. The molecule has 10 heteroatoms. The summed E-state index contributed by atoms with van der Waals surface area (Å²) in [5.74, 6) is -1.50. The van der Waals surface area contributed by atoms with E-state index in [4.69, 9.17) is 0 Å². The van der Waals surface area contributed by atoms with Crippen LogP contribution < -0.4 is 4.90 Å². The smallest absolute Gasteiger partial charge is 0.237 e. The van der Waals surface area contributed by atoms with Gasteiger partial charge in [-0.05, 0) is 53.8 Å². The van der Waals surface area contributed by atoms with Crippen LogP contribution in [0.3, 0.4) is 0 Å². The average Bonchev–Trinajstić information content (AvgIpc) is 3.34. The molecule has 0 saturated carbocycles. The zero-order valence-electron chi connectivity index (χ0n) is 26.5. The summed E-state index contributed by atoms with van der Waals surface area (Å²) in [6.45, 7) is 7.87. The summed E-state index contributed by atoms with van der Waals surface area (Å²) in [6, 6.07) is 31.1. The van der Waals surface area contributed by atoms with Crippen LogP contribution in [0.4, 0.5) is 11.4 Å². The standard InChI is InChI=1S/C37H36N2O6S2/c1-36(2)30-20-18-28(26-12-7-5-8-13-26)22-32(30)38(24-46(40,41)42)34(36)16-11-17-35-37(3,4)31-21-19-29(27-14-9-6-10-15-27)23-33(31)39(35)25-47(43,44)45/h5-23H,24-25H2,1-4H3,(H-,40,41,42,43,44,45)/p-1. The van der Waals surface area contributed by atoms with Crippen molar-refractivity contribution in [2.75, 3.05) is 16.7 Å². The molecule has 8 nitrogen and oxygen atoms in total. The number of hydrogen-bond donors (Lipinski definition) is 0.